The summed E-state index contributed by atoms with van der Waals surface area (Å²) >= 11 is 15.3. The predicted octanol–water partition coefficient (Wildman–Crippen LogP) is 5.99. The Morgan fingerprint density at radius 1 is 1.18 bits per heavy atom. The zero-order chi connectivity index (χ0) is 15.9. The van der Waals surface area contributed by atoms with Crippen LogP contribution in [0.2, 0.25) is 10.0 Å². The van der Waals surface area contributed by atoms with Crippen molar-refractivity contribution in [1.82, 2.24) is 0 Å². The molecule has 0 aliphatic heterocycles. The lowest BCUT2D eigenvalue weighted by Crippen LogP contribution is -1.96. The molecule has 2 aromatic rings. The van der Waals surface area contributed by atoms with Crippen LogP contribution in [0.15, 0.2) is 46.0 Å². The van der Waals surface area contributed by atoms with E-state index in [2.05, 4.69) is 33.4 Å². The predicted molar refractivity (Wildman–Crippen MR) is 97.6 cm³/mol. The summed E-state index contributed by atoms with van der Waals surface area (Å²) in [5.41, 5.74) is 4.63. The fraction of sp³-hybridized carbons (Fsp3) is 0.188. The Kier molecular flexibility index (Phi) is 6.55. The molecule has 0 aliphatic carbocycles. The smallest absolute Gasteiger partial charge is 0.133 e. The number of benzene rings is 2. The van der Waals surface area contributed by atoms with E-state index >= 15 is 0 Å². The Morgan fingerprint density at radius 2 is 2.00 bits per heavy atom. The normalized spacial score (nSPS) is 10.9. The number of anilines is 1. The summed E-state index contributed by atoms with van der Waals surface area (Å²) in [6.45, 7) is 2.77. The molecule has 3 nitrogen and oxygen atoms in total. The maximum atomic E-state index is 5.95. The van der Waals surface area contributed by atoms with Crippen molar-refractivity contribution >= 4 is 51.0 Å². The molecule has 0 aromatic heterocycles. The molecular formula is C16H15BrCl2N2O. The third-order valence-electron chi connectivity index (χ3n) is 2.74. The highest BCUT2D eigenvalue weighted by Crippen LogP contribution is 2.26. The lowest BCUT2D eigenvalue weighted by atomic mass is 10.2. The summed E-state index contributed by atoms with van der Waals surface area (Å²) in [5.74, 6) is 0.830. The molecule has 0 fully saturated rings. The van der Waals surface area contributed by atoms with Crippen LogP contribution in [0.1, 0.15) is 18.9 Å². The minimum Gasteiger partial charge on any atom is -0.492 e. The van der Waals surface area contributed by atoms with E-state index in [0.29, 0.717) is 16.7 Å². The van der Waals surface area contributed by atoms with Crippen molar-refractivity contribution in [3.05, 3.63) is 56.5 Å². The topological polar surface area (TPSA) is 33.6 Å². The Bertz CT molecular complexity index is 677. The van der Waals surface area contributed by atoms with Gasteiger partial charge in [0.2, 0.25) is 0 Å². The minimum absolute atomic E-state index is 0.488. The molecule has 0 aliphatic rings. The highest BCUT2D eigenvalue weighted by atomic mass is 79.9. The summed E-state index contributed by atoms with van der Waals surface area (Å²) < 4.78 is 6.51. The first-order chi connectivity index (χ1) is 10.6. The summed E-state index contributed by atoms with van der Waals surface area (Å²) in [6, 6.07) is 11.1. The van der Waals surface area contributed by atoms with Crippen LogP contribution in [0.3, 0.4) is 0 Å². The van der Waals surface area contributed by atoms with Gasteiger partial charge in [-0.05, 0) is 64.3 Å². The molecule has 0 saturated heterocycles. The van der Waals surface area contributed by atoms with Crippen molar-refractivity contribution in [2.45, 2.75) is 13.3 Å². The van der Waals surface area contributed by atoms with Crippen LogP contribution in [0, 0.1) is 0 Å². The summed E-state index contributed by atoms with van der Waals surface area (Å²) in [5, 5.41) is 5.18. The van der Waals surface area contributed by atoms with Gasteiger partial charge in [-0.2, -0.15) is 5.10 Å². The number of nitrogens with zero attached hydrogens (tertiary/aromatic N) is 1. The van der Waals surface area contributed by atoms with Gasteiger partial charge in [-0.3, -0.25) is 5.43 Å². The second kappa shape index (κ2) is 8.42. The molecule has 22 heavy (non-hydrogen) atoms. The van der Waals surface area contributed by atoms with E-state index < -0.39 is 0 Å². The molecule has 0 bridgehead atoms. The van der Waals surface area contributed by atoms with Crippen LogP contribution in [-0.2, 0) is 0 Å². The second-order valence-electron chi connectivity index (χ2n) is 4.54. The molecule has 0 atom stereocenters. The maximum Gasteiger partial charge on any atom is 0.133 e. The lowest BCUT2D eigenvalue weighted by molar-refractivity contribution is 0.315. The number of rotatable bonds is 6. The number of hydrogen-bond donors (Lipinski definition) is 1. The number of halogens is 3. The molecule has 0 amide bonds. The van der Waals surface area contributed by atoms with E-state index in [4.69, 9.17) is 27.9 Å². The van der Waals surface area contributed by atoms with Gasteiger partial charge in [0.05, 0.1) is 33.0 Å². The number of ether oxygens (including phenoxy) is 1. The van der Waals surface area contributed by atoms with Gasteiger partial charge in [-0.25, -0.2) is 0 Å². The Hall–Kier alpha value is -1.23. The molecule has 116 valence electrons. The quantitative estimate of drug-likeness (QED) is 0.476. The molecule has 1 N–H and O–H groups in total. The molecule has 0 heterocycles. The summed E-state index contributed by atoms with van der Waals surface area (Å²) in [4.78, 5) is 0. The molecule has 0 saturated carbocycles. The van der Waals surface area contributed by atoms with Crippen LogP contribution < -0.4 is 10.2 Å². The Labute approximate surface area is 148 Å². The Balaban J connectivity index is 2.00. The van der Waals surface area contributed by atoms with Crippen molar-refractivity contribution in [2.24, 2.45) is 5.10 Å². The van der Waals surface area contributed by atoms with Gasteiger partial charge in [0.15, 0.2) is 0 Å². The van der Waals surface area contributed by atoms with Crippen LogP contribution in [0.4, 0.5) is 5.69 Å². The van der Waals surface area contributed by atoms with Crippen LogP contribution in [0.25, 0.3) is 0 Å². The second-order valence-corrected chi connectivity index (χ2v) is 6.21. The fourth-order valence-electron chi connectivity index (χ4n) is 1.67. The zero-order valence-electron chi connectivity index (χ0n) is 11.9. The molecule has 0 spiro atoms. The third-order valence-corrected chi connectivity index (χ3v) is 4.10. The molecular weight excluding hydrogens is 387 g/mol. The van der Waals surface area contributed by atoms with Gasteiger partial charge in [0.25, 0.3) is 0 Å². The monoisotopic (exact) mass is 400 g/mol. The van der Waals surface area contributed by atoms with Crippen molar-refractivity contribution < 1.29 is 4.74 Å². The van der Waals surface area contributed by atoms with Gasteiger partial charge in [0.1, 0.15) is 5.75 Å². The van der Waals surface area contributed by atoms with E-state index in [9.17, 15) is 0 Å². The van der Waals surface area contributed by atoms with Crippen molar-refractivity contribution in [3.8, 4) is 5.75 Å². The highest BCUT2D eigenvalue weighted by Gasteiger charge is 2.01. The van der Waals surface area contributed by atoms with Crippen LogP contribution >= 0.6 is 39.1 Å². The van der Waals surface area contributed by atoms with E-state index in [1.54, 1.807) is 18.3 Å². The average Bonchev–Trinajstić information content (AvgIpc) is 2.50. The minimum atomic E-state index is 0.488. The SMILES string of the molecule is CCCOc1ccc(C=NNc2ccc(Cl)c(Cl)c2)cc1Br. The average molecular weight is 402 g/mol. The fourth-order valence-corrected chi connectivity index (χ4v) is 2.48. The van der Waals surface area contributed by atoms with Crippen molar-refractivity contribution in [2.75, 3.05) is 12.0 Å². The lowest BCUT2D eigenvalue weighted by Gasteiger charge is -2.07. The largest absolute Gasteiger partial charge is 0.492 e. The zero-order valence-corrected chi connectivity index (χ0v) is 15.0. The number of nitrogens with one attached hydrogen (secondary N) is 1. The van der Waals surface area contributed by atoms with Gasteiger partial charge < -0.3 is 4.74 Å². The maximum absolute atomic E-state index is 5.95. The van der Waals surface area contributed by atoms with Crippen molar-refractivity contribution in [1.29, 1.82) is 0 Å². The molecule has 0 unspecified atom stereocenters. The first-order valence-electron chi connectivity index (χ1n) is 6.76. The van der Waals surface area contributed by atoms with E-state index in [1.807, 2.05) is 24.3 Å². The number of hydrogen-bond acceptors (Lipinski definition) is 3. The third kappa shape index (κ3) is 4.90. The first-order valence-corrected chi connectivity index (χ1v) is 8.31. The van der Waals surface area contributed by atoms with Crippen LogP contribution in [-0.4, -0.2) is 12.8 Å². The summed E-state index contributed by atoms with van der Waals surface area (Å²) in [7, 11) is 0. The van der Waals surface area contributed by atoms with Gasteiger partial charge in [-0.15, -0.1) is 0 Å². The van der Waals surface area contributed by atoms with E-state index in [-0.39, 0.29) is 0 Å². The molecule has 2 aromatic carbocycles. The summed E-state index contributed by atoms with van der Waals surface area (Å²) in [6.07, 6.45) is 2.69. The van der Waals surface area contributed by atoms with Crippen molar-refractivity contribution in [3.63, 3.8) is 0 Å². The van der Waals surface area contributed by atoms with Gasteiger partial charge in [0, 0.05) is 0 Å². The van der Waals surface area contributed by atoms with E-state index in [1.165, 1.54) is 0 Å². The standard InChI is InChI=1S/C16H15BrCl2N2O/c1-2-7-22-16-6-3-11(8-13(16)17)10-20-21-12-4-5-14(18)15(19)9-12/h3-6,8-10,21H,2,7H2,1H3. The van der Waals surface area contributed by atoms with Gasteiger partial charge in [-0.1, -0.05) is 30.1 Å². The molecule has 0 radical (unpaired) electrons. The van der Waals surface area contributed by atoms with E-state index in [0.717, 1.165) is 27.9 Å². The van der Waals surface area contributed by atoms with Gasteiger partial charge >= 0.3 is 0 Å². The highest BCUT2D eigenvalue weighted by molar-refractivity contribution is 9.10. The molecule has 2 rings (SSSR count). The van der Waals surface area contributed by atoms with Crippen LogP contribution in [0.5, 0.6) is 5.75 Å². The first kappa shape index (κ1) is 17.1. The number of hydrazone groups is 1. The Morgan fingerprint density at radius 3 is 2.68 bits per heavy atom. The molecule has 6 heteroatoms.